The van der Waals surface area contributed by atoms with Crippen molar-refractivity contribution in [1.29, 1.82) is 0 Å². The molecule has 0 amide bonds. The molecule has 1 aromatic heterocycles. The lowest BCUT2D eigenvalue weighted by atomic mass is 10.1. The van der Waals surface area contributed by atoms with Crippen LogP contribution in [0.1, 0.15) is 6.42 Å². The highest BCUT2D eigenvalue weighted by atomic mass is 16.5. The second-order valence-corrected chi connectivity index (χ2v) is 5.43. The van der Waals surface area contributed by atoms with E-state index in [-0.39, 0.29) is 6.10 Å². The molecule has 116 valence electrons. The number of nitrogens with two attached hydrogens (primary N) is 1. The summed E-state index contributed by atoms with van der Waals surface area (Å²) in [5, 5.41) is 0. The summed E-state index contributed by atoms with van der Waals surface area (Å²) in [5.74, 6) is 1.53. The third-order valence-electron chi connectivity index (χ3n) is 3.77. The fraction of sp³-hybridized carbons (Fsp3) is 0.375. The van der Waals surface area contributed by atoms with E-state index < -0.39 is 0 Å². The molecule has 1 aliphatic rings. The number of para-hydroxylation sites is 1. The van der Waals surface area contributed by atoms with Crippen molar-refractivity contribution in [3.8, 4) is 22.9 Å². The molecule has 6 nitrogen and oxygen atoms in total. The molecule has 0 saturated carbocycles. The van der Waals surface area contributed by atoms with Gasteiger partial charge in [0, 0.05) is 18.7 Å². The summed E-state index contributed by atoms with van der Waals surface area (Å²) >= 11 is 0. The van der Waals surface area contributed by atoms with E-state index >= 15 is 0 Å². The van der Waals surface area contributed by atoms with Gasteiger partial charge in [0.2, 0.25) is 5.88 Å². The van der Waals surface area contributed by atoms with E-state index in [1.807, 2.05) is 24.3 Å². The number of ether oxygens (including phenoxy) is 2. The molecule has 6 heteroatoms. The molecule has 0 spiro atoms. The van der Waals surface area contributed by atoms with E-state index in [0.717, 1.165) is 30.8 Å². The average molecular weight is 300 g/mol. The van der Waals surface area contributed by atoms with Crippen molar-refractivity contribution in [3.63, 3.8) is 0 Å². The van der Waals surface area contributed by atoms with Gasteiger partial charge in [0.05, 0.1) is 13.3 Å². The second-order valence-electron chi connectivity index (χ2n) is 5.43. The molecule has 0 aliphatic carbocycles. The number of likely N-dealkylation sites (N-methyl/N-ethyl adjacent to an activating group) is 1. The number of methoxy groups -OCH3 is 1. The number of likely N-dealkylation sites (tertiary alicyclic amines) is 1. The van der Waals surface area contributed by atoms with Crippen LogP contribution < -0.4 is 15.2 Å². The Hall–Kier alpha value is -2.34. The summed E-state index contributed by atoms with van der Waals surface area (Å²) in [5.41, 5.74) is 7.49. The van der Waals surface area contributed by atoms with E-state index in [1.54, 1.807) is 13.3 Å². The zero-order chi connectivity index (χ0) is 15.5. The predicted octanol–water partition coefficient (Wildman–Crippen LogP) is 1.82. The fourth-order valence-electron chi connectivity index (χ4n) is 2.65. The molecular weight excluding hydrogens is 280 g/mol. The number of benzene rings is 1. The molecule has 2 heterocycles. The van der Waals surface area contributed by atoms with E-state index in [1.165, 1.54) is 0 Å². The number of nitrogen functional groups attached to an aromatic ring is 1. The Labute approximate surface area is 129 Å². The smallest absolute Gasteiger partial charge is 0.234 e. The van der Waals surface area contributed by atoms with Crippen LogP contribution in [-0.4, -0.2) is 48.2 Å². The molecule has 3 rings (SSSR count). The first-order chi connectivity index (χ1) is 10.7. The Morgan fingerprint density at radius 2 is 2.14 bits per heavy atom. The van der Waals surface area contributed by atoms with Crippen LogP contribution in [-0.2, 0) is 0 Å². The Kier molecular flexibility index (Phi) is 4.11. The van der Waals surface area contributed by atoms with Crippen LogP contribution in [0.25, 0.3) is 11.3 Å². The molecule has 0 bridgehead atoms. The summed E-state index contributed by atoms with van der Waals surface area (Å²) in [7, 11) is 3.70. The topological polar surface area (TPSA) is 73.5 Å². The minimum absolute atomic E-state index is 0.149. The number of aromatic nitrogens is 2. The monoisotopic (exact) mass is 300 g/mol. The van der Waals surface area contributed by atoms with Gasteiger partial charge in [-0.15, -0.1) is 0 Å². The first-order valence-corrected chi connectivity index (χ1v) is 7.28. The normalized spacial score (nSPS) is 18.4. The van der Waals surface area contributed by atoms with Crippen molar-refractivity contribution < 1.29 is 9.47 Å². The van der Waals surface area contributed by atoms with Gasteiger partial charge in [-0.2, -0.15) is 4.98 Å². The number of hydrogen-bond acceptors (Lipinski definition) is 6. The molecule has 1 aliphatic heterocycles. The van der Waals surface area contributed by atoms with Gasteiger partial charge in [0.15, 0.2) is 5.82 Å². The van der Waals surface area contributed by atoms with Crippen LogP contribution in [0.4, 0.5) is 5.82 Å². The molecule has 1 atom stereocenters. The number of anilines is 1. The molecule has 22 heavy (non-hydrogen) atoms. The van der Waals surface area contributed by atoms with Gasteiger partial charge < -0.3 is 20.1 Å². The van der Waals surface area contributed by atoms with Gasteiger partial charge >= 0.3 is 0 Å². The zero-order valence-corrected chi connectivity index (χ0v) is 12.8. The van der Waals surface area contributed by atoms with Gasteiger partial charge in [0.1, 0.15) is 17.5 Å². The SMILES string of the molecule is COc1ccccc1-c1ncc(OC2CCN(C)C2)nc1N. The van der Waals surface area contributed by atoms with Crippen molar-refractivity contribution >= 4 is 5.82 Å². The molecular formula is C16H20N4O2. The Morgan fingerprint density at radius 3 is 2.82 bits per heavy atom. The van der Waals surface area contributed by atoms with Crippen molar-refractivity contribution in [2.45, 2.75) is 12.5 Å². The standard InChI is InChI=1S/C16H20N4O2/c1-20-8-7-11(10-20)22-14-9-18-15(16(17)19-14)12-5-3-4-6-13(12)21-2/h3-6,9,11H,7-8,10H2,1-2H3,(H2,17,19). The van der Waals surface area contributed by atoms with Gasteiger partial charge in [-0.25, -0.2) is 4.98 Å². The number of hydrogen-bond donors (Lipinski definition) is 1. The lowest BCUT2D eigenvalue weighted by Gasteiger charge is -2.14. The lowest BCUT2D eigenvalue weighted by Crippen LogP contribution is -2.22. The van der Waals surface area contributed by atoms with Crippen molar-refractivity contribution in [2.24, 2.45) is 0 Å². The first-order valence-electron chi connectivity index (χ1n) is 7.28. The van der Waals surface area contributed by atoms with Gasteiger partial charge in [-0.1, -0.05) is 12.1 Å². The van der Waals surface area contributed by atoms with Crippen LogP contribution in [0.2, 0.25) is 0 Å². The van der Waals surface area contributed by atoms with Gasteiger partial charge in [-0.05, 0) is 25.6 Å². The summed E-state index contributed by atoms with van der Waals surface area (Å²) in [4.78, 5) is 11.0. The molecule has 2 N–H and O–H groups in total. The molecule has 1 fully saturated rings. The fourth-order valence-corrected chi connectivity index (χ4v) is 2.65. The van der Waals surface area contributed by atoms with Crippen LogP contribution in [0.5, 0.6) is 11.6 Å². The van der Waals surface area contributed by atoms with E-state index in [0.29, 0.717) is 17.4 Å². The minimum Gasteiger partial charge on any atom is -0.496 e. The van der Waals surface area contributed by atoms with Crippen molar-refractivity contribution in [3.05, 3.63) is 30.5 Å². The molecule has 1 saturated heterocycles. The minimum atomic E-state index is 0.149. The van der Waals surface area contributed by atoms with Crippen LogP contribution in [0, 0.1) is 0 Å². The van der Waals surface area contributed by atoms with Crippen LogP contribution in [0.15, 0.2) is 30.5 Å². The van der Waals surface area contributed by atoms with Gasteiger partial charge in [0.25, 0.3) is 0 Å². The molecule has 2 aromatic rings. The summed E-state index contributed by atoms with van der Waals surface area (Å²) < 4.78 is 11.2. The summed E-state index contributed by atoms with van der Waals surface area (Å²) in [6.07, 6.45) is 2.76. The van der Waals surface area contributed by atoms with Gasteiger partial charge in [-0.3, -0.25) is 0 Å². The molecule has 1 aromatic carbocycles. The molecule has 1 unspecified atom stereocenters. The summed E-state index contributed by atoms with van der Waals surface area (Å²) in [6, 6.07) is 7.60. The Balaban J connectivity index is 1.83. The third kappa shape index (κ3) is 2.96. The van der Waals surface area contributed by atoms with E-state index in [2.05, 4.69) is 21.9 Å². The maximum atomic E-state index is 6.06. The van der Waals surface area contributed by atoms with Crippen molar-refractivity contribution in [2.75, 3.05) is 33.0 Å². The summed E-state index contributed by atoms with van der Waals surface area (Å²) in [6.45, 7) is 1.93. The van der Waals surface area contributed by atoms with Crippen LogP contribution in [0.3, 0.4) is 0 Å². The Bertz CT molecular complexity index is 662. The highest BCUT2D eigenvalue weighted by molar-refractivity contribution is 5.75. The highest BCUT2D eigenvalue weighted by Crippen LogP contribution is 2.32. The maximum absolute atomic E-state index is 6.06. The number of nitrogens with zero attached hydrogens (tertiary/aromatic N) is 3. The highest BCUT2D eigenvalue weighted by Gasteiger charge is 2.22. The molecule has 0 radical (unpaired) electrons. The zero-order valence-electron chi connectivity index (χ0n) is 12.8. The van der Waals surface area contributed by atoms with E-state index in [9.17, 15) is 0 Å². The van der Waals surface area contributed by atoms with E-state index in [4.69, 9.17) is 15.2 Å². The average Bonchev–Trinajstić information content (AvgIpc) is 2.92. The quantitative estimate of drug-likeness (QED) is 0.928. The van der Waals surface area contributed by atoms with Crippen LogP contribution >= 0.6 is 0 Å². The first kappa shape index (κ1) is 14.6. The number of rotatable bonds is 4. The third-order valence-corrected chi connectivity index (χ3v) is 3.77. The maximum Gasteiger partial charge on any atom is 0.234 e. The van der Waals surface area contributed by atoms with Crippen molar-refractivity contribution in [1.82, 2.24) is 14.9 Å². The Morgan fingerprint density at radius 1 is 1.32 bits per heavy atom. The lowest BCUT2D eigenvalue weighted by molar-refractivity contribution is 0.199. The second kappa shape index (κ2) is 6.19. The largest absolute Gasteiger partial charge is 0.496 e. The predicted molar refractivity (Wildman–Crippen MR) is 85.0 cm³/mol.